The highest BCUT2D eigenvalue weighted by atomic mass is 16.5. The molecular formula is C35H37N5O5. The largest absolute Gasteiger partial charge is 0.473 e. The highest BCUT2D eigenvalue weighted by Gasteiger charge is 2.56. The fourth-order valence-electron chi connectivity index (χ4n) is 5.75. The molecule has 0 unspecified atom stereocenters. The number of carbonyl (C=O) groups excluding carboxylic acids is 4. The lowest BCUT2D eigenvalue weighted by atomic mass is 9.87. The molecule has 0 fully saturated rings. The van der Waals surface area contributed by atoms with Gasteiger partial charge in [-0.15, -0.1) is 0 Å². The molecule has 5 rings (SSSR count). The Morgan fingerprint density at radius 3 is 2.24 bits per heavy atom. The molecule has 2 atom stereocenters. The van der Waals surface area contributed by atoms with E-state index in [1.807, 2.05) is 64.1 Å². The molecule has 45 heavy (non-hydrogen) atoms. The van der Waals surface area contributed by atoms with Gasteiger partial charge in [0.25, 0.3) is 23.5 Å². The van der Waals surface area contributed by atoms with Gasteiger partial charge < -0.3 is 15.0 Å². The first-order valence-corrected chi connectivity index (χ1v) is 14.9. The number of carbonyl (C=O) groups is 4. The first-order valence-electron chi connectivity index (χ1n) is 14.9. The molecular weight excluding hydrogens is 570 g/mol. The second-order valence-corrected chi connectivity index (χ2v) is 12.2. The van der Waals surface area contributed by atoms with Crippen molar-refractivity contribution < 1.29 is 23.9 Å². The van der Waals surface area contributed by atoms with E-state index in [1.165, 1.54) is 22.9 Å². The minimum atomic E-state index is -2.00. The van der Waals surface area contributed by atoms with E-state index in [-0.39, 0.29) is 30.5 Å². The SMILES string of the molecule is CC(=O)N[C@](Cc1ccccc1)(C(=O)C1=NC(C)(C)CO1)N1C(=O)[C@@H](C(C)C)N(C(=O)c2cccnc2)C=C1c1ccccc1. The third-order valence-corrected chi connectivity index (χ3v) is 7.72. The van der Waals surface area contributed by atoms with Gasteiger partial charge in [0.15, 0.2) is 5.66 Å². The third-order valence-electron chi connectivity index (χ3n) is 7.72. The molecule has 2 aliphatic heterocycles. The van der Waals surface area contributed by atoms with Crippen LogP contribution in [0.15, 0.2) is 96.4 Å². The summed E-state index contributed by atoms with van der Waals surface area (Å²) in [6, 6.07) is 20.4. The van der Waals surface area contributed by atoms with Crippen molar-refractivity contribution in [2.75, 3.05) is 6.61 Å². The quantitative estimate of drug-likeness (QED) is 0.389. The van der Waals surface area contributed by atoms with Gasteiger partial charge in [-0.05, 0) is 43.0 Å². The second kappa shape index (κ2) is 12.5. The van der Waals surface area contributed by atoms with E-state index in [4.69, 9.17) is 4.74 Å². The van der Waals surface area contributed by atoms with Crippen molar-refractivity contribution in [2.24, 2.45) is 10.9 Å². The lowest BCUT2D eigenvalue weighted by molar-refractivity contribution is -0.149. The van der Waals surface area contributed by atoms with E-state index in [0.717, 1.165) is 0 Å². The standard InChI is InChI=1S/C35H37N5O5/c1-23(2)29-33(44)40(28(26-15-10-7-11-16-26)21-39(29)32(43)27-17-12-18-36-20-27)35(37-24(3)41,19-25-13-8-6-9-14-25)30(42)31-38-34(4,5)22-45-31/h6-18,20-21,23,29H,19,22H2,1-5H3,(H,37,41)/t29-,35+/m1/s1. The number of aliphatic imine (C=N–C) groups is 1. The van der Waals surface area contributed by atoms with E-state index in [9.17, 15) is 14.4 Å². The van der Waals surface area contributed by atoms with Crippen LogP contribution < -0.4 is 5.32 Å². The molecule has 0 radical (unpaired) electrons. The molecule has 10 nitrogen and oxygen atoms in total. The van der Waals surface area contributed by atoms with E-state index in [1.54, 1.807) is 48.8 Å². The highest BCUT2D eigenvalue weighted by molar-refractivity contribution is 6.41. The van der Waals surface area contributed by atoms with Crippen LogP contribution in [-0.2, 0) is 25.5 Å². The number of nitrogens with one attached hydrogen (secondary N) is 1. The zero-order chi connectivity index (χ0) is 32.4. The maximum absolute atomic E-state index is 15.1. The van der Waals surface area contributed by atoms with Crippen molar-refractivity contribution in [2.45, 2.75) is 58.3 Å². The third kappa shape index (κ3) is 6.26. The summed E-state index contributed by atoms with van der Waals surface area (Å²) in [6.45, 7) is 8.79. The minimum absolute atomic E-state index is 0.0909. The number of hydrogen-bond donors (Lipinski definition) is 1. The lowest BCUT2D eigenvalue weighted by Gasteiger charge is -2.49. The molecule has 2 aromatic carbocycles. The fraction of sp³-hybridized carbons (Fsp3) is 0.314. The van der Waals surface area contributed by atoms with Gasteiger partial charge in [0, 0.05) is 31.9 Å². The Morgan fingerprint density at radius 2 is 1.69 bits per heavy atom. The number of Topliss-reactive ketones (excluding diaryl/α,β-unsaturated/α-hetero) is 1. The van der Waals surface area contributed by atoms with Crippen LogP contribution >= 0.6 is 0 Å². The van der Waals surface area contributed by atoms with Gasteiger partial charge in [-0.3, -0.25) is 29.1 Å². The van der Waals surface area contributed by atoms with Crippen molar-refractivity contribution in [3.05, 3.63) is 108 Å². The number of amides is 3. The molecule has 1 N–H and O–H groups in total. The van der Waals surface area contributed by atoms with Crippen LogP contribution in [0.4, 0.5) is 0 Å². The van der Waals surface area contributed by atoms with Crippen LogP contribution in [0.1, 0.15) is 56.1 Å². The van der Waals surface area contributed by atoms with Gasteiger partial charge in [0.2, 0.25) is 5.91 Å². The molecule has 2 aliphatic rings. The Hall–Kier alpha value is -5.12. The zero-order valence-electron chi connectivity index (χ0n) is 26.1. The average molecular weight is 608 g/mol. The van der Waals surface area contributed by atoms with Crippen molar-refractivity contribution in [3.8, 4) is 0 Å². The number of ketones is 1. The summed E-state index contributed by atoms with van der Waals surface area (Å²) in [5.74, 6) is -2.73. The maximum Gasteiger partial charge on any atom is 0.263 e. The fourth-order valence-corrected chi connectivity index (χ4v) is 5.75. The Labute approximate surface area is 262 Å². The summed E-state index contributed by atoms with van der Waals surface area (Å²) in [4.78, 5) is 68.4. The molecule has 0 aliphatic carbocycles. The van der Waals surface area contributed by atoms with Crippen molar-refractivity contribution >= 4 is 35.1 Å². The maximum atomic E-state index is 15.1. The Bertz CT molecular complexity index is 1650. The Morgan fingerprint density at radius 1 is 1.02 bits per heavy atom. The number of aromatic nitrogens is 1. The van der Waals surface area contributed by atoms with Gasteiger partial charge in [-0.1, -0.05) is 74.5 Å². The van der Waals surface area contributed by atoms with Crippen LogP contribution in [0.2, 0.25) is 0 Å². The summed E-state index contributed by atoms with van der Waals surface area (Å²) in [6.07, 6.45) is 4.51. The molecule has 3 aromatic rings. The topological polar surface area (TPSA) is 121 Å². The summed E-state index contributed by atoms with van der Waals surface area (Å²) in [7, 11) is 0. The highest BCUT2D eigenvalue weighted by Crippen LogP contribution is 2.38. The molecule has 3 amide bonds. The predicted octanol–water partition coefficient (Wildman–Crippen LogP) is 4.24. The van der Waals surface area contributed by atoms with Crippen molar-refractivity contribution in [3.63, 3.8) is 0 Å². The summed E-state index contributed by atoms with van der Waals surface area (Å²) < 4.78 is 5.83. The van der Waals surface area contributed by atoms with Gasteiger partial charge in [-0.25, -0.2) is 4.99 Å². The molecule has 3 heterocycles. The normalized spacial score (nSPS) is 18.9. The molecule has 232 valence electrons. The van der Waals surface area contributed by atoms with Gasteiger partial charge in [0.1, 0.15) is 12.6 Å². The molecule has 10 heteroatoms. The number of rotatable bonds is 9. The van der Waals surface area contributed by atoms with Crippen molar-refractivity contribution in [1.82, 2.24) is 20.1 Å². The van der Waals surface area contributed by atoms with E-state index >= 15 is 4.79 Å². The monoisotopic (exact) mass is 607 g/mol. The zero-order valence-corrected chi connectivity index (χ0v) is 26.1. The van der Waals surface area contributed by atoms with E-state index < -0.39 is 40.7 Å². The average Bonchev–Trinajstić information content (AvgIpc) is 3.39. The summed E-state index contributed by atoms with van der Waals surface area (Å²) in [5, 5.41) is 2.88. The van der Waals surface area contributed by atoms with E-state index in [0.29, 0.717) is 16.7 Å². The number of hydrogen-bond acceptors (Lipinski definition) is 7. The van der Waals surface area contributed by atoms with Crippen LogP contribution in [0.5, 0.6) is 0 Å². The first-order chi connectivity index (χ1) is 21.4. The summed E-state index contributed by atoms with van der Waals surface area (Å²) >= 11 is 0. The minimum Gasteiger partial charge on any atom is -0.473 e. The van der Waals surface area contributed by atoms with Crippen molar-refractivity contribution in [1.29, 1.82) is 0 Å². The number of benzene rings is 2. The number of pyridine rings is 1. The lowest BCUT2D eigenvalue weighted by Crippen LogP contribution is -2.72. The van der Waals surface area contributed by atoms with Gasteiger partial charge in [0.05, 0.1) is 16.8 Å². The Balaban J connectivity index is 1.81. The van der Waals surface area contributed by atoms with Crippen LogP contribution in [0.3, 0.4) is 0 Å². The smallest absolute Gasteiger partial charge is 0.263 e. The summed E-state index contributed by atoms with van der Waals surface area (Å²) in [5.41, 5.74) is -0.878. The Kier molecular flexibility index (Phi) is 8.68. The molecule has 0 bridgehead atoms. The van der Waals surface area contributed by atoms with Crippen LogP contribution in [0.25, 0.3) is 5.70 Å². The first kappa shape index (κ1) is 31.3. The second-order valence-electron chi connectivity index (χ2n) is 12.2. The molecule has 1 aromatic heterocycles. The van der Waals surface area contributed by atoms with Gasteiger partial charge in [-0.2, -0.15) is 0 Å². The molecule has 0 spiro atoms. The van der Waals surface area contributed by atoms with Crippen LogP contribution in [-0.4, -0.2) is 68.0 Å². The van der Waals surface area contributed by atoms with Crippen LogP contribution in [0, 0.1) is 5.92 Å². The molecule has 0 saturated carbocycles. The number of ether oxygens (including phenoxy) is 1. The predicted molar refractivity (Wildman–Crippen MR) is 169 cm³/mol. The number of nitrogens with zero attached hydrogens (tertiary/aromatic N) is 4. The molecule has 0 saturated heterocycles. The van der Waals surface area contributed by atoms with E-state index in [2.05, 4.69) is 15.3 Å². The van der Waals surface area contributed by atoms with Gasteiger partial charge >= 0.3 is 0 Å².